The van der Waals surface area contributed by atoms with Gasteiger partial charge < -0.3 is 5.32 Å². The van der Waals surface area contributed by atoms with E-state index < -0.39 is 0 Å². The zero-order valence-corrected chi connectivity index (χ0v) is 12.3. The average Bonchev–Trinajstić information content (AvgIpc) is 2.62. The smallest absolute Gasteiger partial charge is 0.144 e. The number of nitrogens with zero attached hydrogens (tertiary/aromatic N) is 2. The molecule has 0 aliphatic rings. The molecule has 0 saturated carbocycles. The largest absolute Gasteiger partial charge is 0.365 e. The van der Waals surface area contributed by atoms with Crippen LogP contribution in [0.5, 0.6) is 0 Å². The van der Waals surface area contributed by atoms with Gasteiger partial charge in [0, 0.05) is 18.3 Å². The van der Waals surface area contributed by atoms with E-state index in [4.69, 9.17) is 0 Å². The van der Waals surface area contributed by atoms with Crippen LogP contribution in [0.25, 0.3) is 11.1 Å². The minimum atomic E-state index is -0.267. The summed E-state index contributed by atoms with van der Waals surface area (Å²) in [4.78, 5) is 4.35. The van der Waals surface area contributed by atoms with Crippen LogP contribution >= 0.6 is 0 Å². The molecule has 1 heterocycles. The van der Waals surface area contributed by atoms with Crippen LogP contribution in [0, 0.1) is 17.1 Å². The van der Waals surface area contributed by atoms with E-state index in [2.05, 4.69) is 16.4 Å². The predicted octanol–water partition coefficient (Wildman–Crippen LogP) is 4.37. The lowest BCUT2D eigenvalue weighted by Crippen LogP contribution is -2.03. The SMILES string of the molecule is N#Cc1cc(-c2ccccc2)cnc1NCc1ccc(F)cc1. The van der Waals surface area contributed by atoms with Crippen molar-refractivity contribution in [1.29, 1.82) is 5.26 Å². The highest BCUT2D eigenvalue weighted by molar-refractivity contribution is 5.67. The van der Waals surface area contributed by atoms with E-state index in [-0.39, 0.29) is 5.82 Å². The lowest BCUT2D eigenvalue weighted by atomic mass is 10.1. The van der Waals surface area contributed by atoms with Gasteiger partial charge >= 0.3 is 0 Å². The first kappa shape index (κ1) is 14.7. The van der Waals surface area contributed by atoms with Gasteiger partial charge in [-0.05, 0) is 29.3 Å². The normalized spacial score (nSPS) is 10.1. The molecule has 0 unspecified atom stereocenters. The summed E-state index contributed by atoms with van der Waals surface area (Å²) in [6, 6.07) is 20.0. The van der Waals surface area contributed by atoms with Crippen LogP contribution in [-0.4, -0.2) is 4.98 Å². The molecule has 0 bridgehead atoms. The molecule has 3 nitrogen and oxygen atoms in total. The fourth-order valence-corrected chi connectivity index (χ4v) is 2.27. The van der Waals surface area contributed by atoms with Gasteiger partial charge in [-0.2, -0.15) is 5.26 Å². The van der Waals surface area contributed by atoms with Gasteiger partial charge in [-0.15, -0.1) is 0 Å². The third-order valence-corrected chi connectivity index (χ3v) is 3.49. The highest BCUT2D eigenvalue weighted by Crippen LogP contribution is 2.22. The van der Waals surface area contributed by atoms with Crippen molar-refractivity contribution in [2.75, 3.05) is 5.32 Å². The molecular formula is C19H14FN3. The average molecular weight is 303 g/mol. The molecule has 0 aliphatic heterocycles. The van der Waals surface area contributed by atoms with E-state index in [1.807, 2.05) is 36.4 Å². The van der Waals surface area contributed by atoms with Crippen molar-refractivity contribution < 1.29 is 4.39 Å². The lowest BCUT2D eigenvalue weighted by molar-refractivity contribution is 0.627. The van der Waals surface area contributed by atoms with Crippen molar-refractivity contribution >= 4 is 5.82 Å². The molecule has 0 radical (unpaired) electrons. The van der Waals surface area contributed by atoms with Crippen LogP contribution in [0.4, 0.5) is 10.2 Å². The van der Waals surface area contributed by atoms with E-state index in [0.717, 1.165) is 16.7 Å². The molecule has 0 amide bonds. The monoisotopic (exact) mass is 303 g/mol. The lowest BCUT2D eigenvalue weighted by Gasteiger charge is -2.09. The Bertz CT molecular complexity index is 837. The molecule has 0 fully saturated rings. The molecule has 2 aromatic carbocycles. The Balaban J connectivity index is 1.80. The van der Waals surface area contributed by atoms with Gasteiger partial charge in [0.2, 0.25) is 0 Å². The molecule has 1 aromatic heterocycles. The maximum Gasteiger partial charge on any atom is 0.144 e. The Morgan fingerprint density at radius 1 is 1.00 bits per heavy atom. The van der Waals surface area contributed by atoms with Crippen LogP contribution in [0.2, 0.25) is 0 Å². The maximum atomic E-state index is 12.9. The highest BCUT2D eigenvalue weighted by atomic mass is 19.1. The molecule has 0 atom stereocenters. The Morgan fingerprint density at radius 3 is 2.43 bits per heavy atom. The number of rotatable bonds is 4. The Kier molecular flexibility index (Phi) is 4.30. The molecule has 4 heteroatoms. The maximum absolute atomic E-state index is 12.9. The summed E-state index contributed by atoms with van der Waals surface area (Å²) in [5.41, 5.74) is 3.31. The van der Waals surface area contributed by atoms with E-state index in [0.29, 0.717) is 17.9 Å². The first-order valence-corrected chi connectivity index (χ1v) is 7.20. The number of hydrogen-bond donors (Lipinski definition) is 1. The number of hydrogen-bond acceptors (Lipinski definition) is 3. The van der Waals surface area contributed by atoms with Gasteiger partial charge in [-0.3, -0.25) is 0 Å². The van der Waals surface area contributed by atoms with Crippen molar-refractivity contribution in [3.8, 4) is 17.2 Å². The van der Waals surface area contributed by atoms with Crippen LogP contribution in [0.3, 0.4) is 0 Å². The first-order chi connectivity index (χ1) is 11.3. The van der Waals surface area contributed by atoms with E-state index >= 15 is 0 Å². The number of nitrogens with one attached hydrogen (secondary N) is 1. The van der Waals surface area contributed by atoms with Gasteiger partial charge in [-0.25, -0.2) is 9.37 Å². The molecule has 3 rings (SSSR count). The van der Waals surface area contributed by atoms with Crippen molar-refractivity contribution in [2.24, 2.45) is 0 Å². The molecule has 112 valence electrons. The predicted molar refractivity (Wildman–Crippen MR) is 88.1 cm³/mol. The Hall–Kier alpha value is -3.19. The summed E-state index contributed by atoms with van der Waals surface area (Å²) in [5, 5.41) is 12.5. The molecule has 0 aliphatic carbocycles. The van der Waals surface area contributed by atoms with E-state index in [9.17, 15) is 9.65 Å². The summed E-state index contributed by atoms with van der Waals surface area (Å²) in [5.74, 6) is 0.258. The second-order valence-corrected chi connectivity index (χ2v) is 5.08. The zero-order valence-electron chi connectivity index (χ0n) is 12.3. The molecule has 1 N–H and O–H groups in total. The minimum absolute atomic E-state index is 0.267. The van der Waals surface area contributed by atoms with Crippen molar-refractivity contribution in [3.63, 3.8) is 0 Å². The van der Waals surface area contributed by atoms with Crippen LogP contribution < -0.4 is 5.32 Å². The van der Waals surface area contributed by atoms with Gasteiger partial charge in [0.1, 0.15) is 17.7 Å². The van der Waals surface area contributed by atoms with Gasteiger partial charge in [0.25, 0.3) is 0 Å². The fourth-order valence-electron chi connectivity index (χ4n) is 2.27. The topological polar surface area (TPSA) is 48.7 Å². The second kappa shape index (κ2) is 6.71. The summed E-state index contributed by atoms with van der Waals surface area (Å²) in [6.45, 7) is 0.479. The first-order valence-electron chi connectivity index (χ1n) is 7.20. The summed E-state index contributed by atoms with van der Waals surface area (Å²) in [6.07, 6.45) is 1.74. The Morgan fingerprint density at radius 2 is 1.74 bits per heavy atom. The molecule has 23 heavy (non-hydrogen) atoms. The number of benzene rings is 2. The van der Waals surface area contributed by atoms with Crippen molar-refractivity contribution in [3.05, 3.63) is 83.8 Å². The molecular weight excluding hydrogens is 289 g/mol. The fraction of sp³-hybridized carbons (Fsp3) is 0.0526. The number of aromatic nitrogens is 1. The van der Waals surface area contributed by atoms with Crippen molar-refractivity contribution in [1.82, 2.24) is 4.98 Å². The number of pyridine rings is 1. The summed E-state index contributed by atoms with van der Waals surface area (Å²) < 4.78 is 12.9. The van der Waals surface area contributed by atoms with E-state index in [1.165, 1.54) is 12.1 Å². The number of anilines is 1. The van der Waals surface area contributed by atoms with Crippen molar-refractivity contribution in [2.45, 2.75) is 6.54 Å². The van der Waals surface area contributed by atoms with Gasteiger partial charge in [0.15, 0.2) is 0 Å². The van der Waals surface area contributed by atoms with E-state index in [1.54, 1.807) is 18.3 Å². The number of nitriles is 1. The quantitative estimate of drug-likeness (QED) is 0.778. The standard InChI is InChI=1S/C19H14FN3/c20-18-8-6-14(7-9-18)12-22-19-16(11-21)10-17(13-23-19)15-4-2-1-3-5-15/h1-10,13H,12H2,(H,22,23). The molecule has 0 saturated heterocycles. The third kappa shape index (κ3) is 3.53. The zero-order chi connectivity index (χ0) is 16.1. The minimum Gasteiger partial charge on any atom is -0.365 e. The molecule has 0 spiro atoms. The number of halogens is 1. The summed E-state index contributed by atoms with van der Waals surface area (Å²) >= 11 is 0. The highest BCUT2D eigenvalue weighted by Gasteiger charge is 2.06. The molecule has 3 aromatic rings. The Labute approximate surface area is 134 Å². The van der Waals surface area contributed by atoms with Crippen LogP contribution in [-0.2, 0) is 6.54 Å². The van der Waals surface area contributed by atoms with Gasteiger partial charge in [0.05, 0.1) is 5.56 Å². The second-order valence-electron chi connectivity index (χ2n) is 5.08. The van der Waals surface area contributed by atoms with Crippen LogP contribution in [0.15, 0.2) is 66.9 Å². The third-order valence-electron chi connectivity index (χ3n) is 3.49. The van der Waals surface area contributed by atoms with Gasteiger partial charge in [-0.1, -0.05) is 42.5 Å². The van der Waals surface area contributed by atoms with Crippen LogP contribution in [0.1, 0.15) is 11.1 Å². The summed E-state index contributed by atoms with van der Waals surface area (Å²) in [7, 11) is 0.